The van der Waals surface area contributed by atoms with Gasteiger partial charge in [-0.1, -0.05) is 0 Å². The fraction of sp³-hybridized carbons (Fsp3) is 0.667. The van der Waals surface area contributed by atoms with Gasteiger partial charge in [0.2, 0.25) is 0 Å². The highest BCUT2D eigenvalue weighted by molar-refractivity contribution is 5.79. The third kappa shape index (κ3) is 1.48. The third-order valence-corrected chi connectivity index (χ3v) is 1.69. The van der Waals surface area contributed by atoms with Gasteiger partial charge in [-0.3, -0.25) is 9.59 Å². The summed E-state index contributed by atoms with van der Waals surface area (Å²) >= 11 is 0. The lowest BCUT2D eigenvalue weighted by atomic mass is 10.1. The second-order valence-electron chi connectivity index (χ2n) is 2.50. The van der Waals surface area contributed by atoms with Crippen LogP contribution in [0.25, 0.3) is 0 Å². The van der Waals surface area contributed by atoms with E-state index in [1.54, 1.807) is 0 Å². The van der Waals surface area contributed by atoms with Crippen LogP contribution in [-0.4, -0.2) is 28.2 Å². The van der Waals surface area contributed by atoms with Gasteiger partial charge in [0.15, 0.2) is 0 Å². The summed E-state index contributed by atoms with van der Waals surface area (Å²) in [6, 6.07) is -1.23. The highest BCUT2D eigenvalue weighted by atomic mass is 16.4. The van der Waals surface area contributed by atoms with Crippen LogP contribution in [0.1, 0.15) is 7.77 Å². The maximum absolute atomic E-state index is 10.3. The Balaban J connectivity index is 2.58. The number of rotatable bonds is 3. The normalized spacial score (nSPS) is 39.0. The fourth-order valence-electron chi connectivity index (χ4n) is 0.930. The van der Waals surface area contributed by atoms with Crippen LogP contribution >= 0.6 is 0 Å². The van der Waals surface area contributed by atoms with Crippen molar-refractivity contribution >= 4 is 11.9 Å². The lowest BCUT2D eigenvalue weighted by Gasteiger charge is -2.01. The number of hydrogen-bond acceptors (Lipinski definition) is 3. The van der Waals surface area contributed by atoms with Crippen molar-refractivity contribution in [1.29, 1.82) is 0 Å². The lowest BCUT2D eigenvalue weighted by Crippen LogP contribution is -2.33. The molecule has 11 heavy (non-hydrogen) atoms. The van der Waals surface area contributed by atoms with Crippen LogP contribution in [0.15, 0.2) is 0 Å². The minimum absolute atomic E-state index is 0.736. The van der Waals surface area contributed by atoms with E-state index in [0.29, 0.717) is 0 Å². The van der Waals surface area contributed by atoms with Crippen molar-refractivity contribution in [3.8, 4) is 0 Å². The van der Waals surface area contributed by atoms with Crippen LogP contribution in [0, 0.1) is 11.8 Å². The van der Waals surface area contributed by atoms with E-state index in [9.17, 15) is 9.59 Å². The van der Waals surface area contributed by atoms with Crippen molar-refractivity contribution in [3.05, 3.63) is 0 Å². The monoisotopic (exact) mass is 160 g/mol. The smallest absolute Gasteiger partial charge is 0.320 e. The van der Waals surface area contributed by atoms with Crippen molar-refractivity contribution in [2.24, 2.45) is 17.6 Å². The summed E-state index contributed by atoms with van der Waals surface area (Å²) in [6.07, 6.45) is -0.867. The molecular weight excluding hydrogens is 150 g/mol. The first-order chi connectivity index (χ1) is 5.46. The maximum atomic E-state index is 10.3. The van der Waals surface area contributed by atoms with E-state index in [1.807, 2.05) is 0 Å². The average molecular weight is 160 g/mol. The van der Waals surface area contributed by atoms with Crippen LogP contribution in [-0.2, 0) is 9.59 Å². The molecule has 4 atom stereocenters. The van der Waals surface area contributed by atoms with Crippen LogP contribution in [0.3, 0.4) is 0 Å². The molecule has 1 aliphatic carbocycles. The van der Waals surface area contributed by atoms with Crippen molar-refractivity contribution < 1.29 is 21.2 Å². The van der Waals surface area contributed by atoms with E-state index < -0.39 is 36.2 Å². The molecule has 1 aliphatic rings. The van der Waals surface area contributed by atoms with Crippen molar-refractivity contribution in [1.82, 2.24) is 0 Å². The van der Waals surface area contributed by atoms with E-state index in [-0.39, 0.29) is 0 Å². The molecule has 5 heteroatoms. The Morgan fingerprint density at radius 1 is 1.64 bits per heavy atom. The number of carbonyl (C=O) groups is 2. The first-order valence-corrected chi connectivity index (χ1v) is 3.10. The molecule has 0 bridgehead atoms. The molecule has 0 aromatic rings. The number of carboxylic acids is 2. The summed E-state index contributed by atoms with van der Waals surface area (Å²) in [4.78, 5) is 20.6. The van der Waals surface area contributed by atoms with Crippen LogP contribution in [0.5, 0.6) is 0 Å². The molecule has 5 nitrogen and oxygen atoms in total. The summed E-state index contributed by atoms with van der Waals surface area (Å²) in [7, 11) is 0. The van der Waals surface area contributed by atoms with Gasteiger partial charge in [-0.15, -0.1) is 0 Å². The Morgan fingerprint density at radius 2 is 2.18 bits per heavy atom. The van der Waals surface area contributed by atoms with Gasteiger partial charge in [0.25, 0.3) is 0 Å². The SMILES string of the molecule is [2H][C@H]1[C@@H](C(=O)O)[C@H]1[C@H](N)C(=O)O. The van der Waals surface area contributed by atoms with Gasteiger partial charge >= 0.3 is 11.9 Å². The van der Waals surface area contributed by atoms with Crippen LogP contribution in [0.4, 0.5) is 0 Å². The van der Waals surface area contributed by atoms with E-state index >= 15 is 0 Å². The van der Waals surface area contributed by atoms with Gasteiger partial charge in [0, 0.05) is 1.37 Å². The summed E-state index contributed by atoms with van der Waals surface area (Å²) in [5.41, 5.74) is 5.16. The predicted molar refractivity (Wildman–Crippen MR) is 34.8 cm³/mol. The highest BCUT2D eigenvalue weighted by Crippen LogP contribution is 2.40. The zero-order valence-corrected chi connectivity index (χ0v) is 5.60. The summed E-state index contributed by atoms with van der Waals surface area (Å²) in [6.45, 7) is 0. The highest BCUT2D eigenvalue weighted by Gasteiger charge is 2.49. The van der Waals surface area contributed by atoms with Gasteiger partial charge < -0.3 is 15.9 Å². The summed E-state index contributed by atoms with van der Waals surface area (Å²) in [5, 5.41) is 16.9. The topological polar surface area (TPSA) is 101 Å². The fourth-order valence-corrected chi connectivity index (χ4v) is 0.930. The molecule has 0 radical (unpaired) electrons. The van der Waals surface area contributed by atoms with Gasteiger partial charge in [0.05, 0.1) is 5.92 Å². The van der Waals surface area contributed by atoms with Gasteiger partial charge in [-0.05, 0) is 12.3 Å². The van der Waals surface area contributed by atoms with Crippen molar-refractivity contribution in [3.63, 3.8) is 0 Å². The van der Waals surface area contributed by atoms with Gasteiger partial charge in [-0.2, -0.15) is 0 Å². The van der Waals surface area contributed by atoms with E-state index in [0.717, 1.165) is 0 Å². The molecule has 0 aromatic heterocycles. The Hall–Kier alpha value is -1.10. The first-order valence-electron chi connectivity index (χ1n) is 3.68. The molecule has 1 rings (SSSR count). The Morgan fingerprint density at radius 3 is 2.45 bits per heavy atom. The molecule has 62 valence electrons. The van der Waals surface area contributed by atoms with E-state index in [4.69, 9.17) is 17.3 Å². The molecule has 0 amide bonds. The molecule has 1 saturated carbocycles. The number of carboxylic acid groups (broad SMARTS) is 2. The summed E-state index contributed by atoms with van der Waals surface area (Å²) in [5.74, 6) is -4.03. The van der Waals surface area contributed by atoms with Gasteiger partial charge in [-0.25, -0.2) is 0 Å². The van der Waals surface area contributed by atoms with E-state index in [1.165, 1.54) is 0 Å². The molecule has 4 N–H and O–H groups in total. The molecule has 0 aromatic carbocycles. The van der Waals surface area contributed by atoms with Crippen LogP contribution in [0.2, 0.25) is 0 Å². The second kappa shape index (κ2) is 2.50. The molecular formula is C6H9NO4. The first kappa shape index (κ1) is 6.60. The summed E-state index contributed by atoms with van der Waals surface area (Å²) < 4.78 is 7.14. The standard InChI is InChI=1S/C6H9NO4/c7-4(6(10)11)2-1-3(2)5(8)9/h2-4H,1,7H2,(H,8,9)(H,10,11)/t2-,3+,4-/m0/s1/i1D/t1-,2+,3-,4+/m1. The third-order valence-electron chi connectivity index (χ3n) is 1.69. The lowest BCUT2D eigenvalue weighted by molar-refractivity contribution is -0.140. The zero-order chi connectivity index (χ0) is 9.46. The Kier molecular flexibility index (Phi) is 1.50. The number of hydrogen-bond donors (Lipinski definition) is 3. The minimum Gasteiger partial charge on any atom is -0.481 e. The quantitative estimate of drug-likeness (QED) is 0.497. The Labute approximate surface area is 64.2 Å². The largest absolute Gasteiger partial charge is 0.481 e. The molecule has 0 heterocycles. The molecule has 0 unspecified atom stereocenters. The second-order valence-corrected chi connectivity index (χ2v) is 2.50. The maximum Gasteiger partial charge on any atom is 0.320 e. The van der Waals surface area contributed by atoms with Crippen molar-refractivity contribution in [2.45, 2.75) is 12.4 Å². The predicted octanol–water partition coefficient (Wildman–Crippen LogP) is -0.881. The Bertz CT molecular complexity index is 216. The molecule has 0 spiro atoms. The van der Waals surface area contributed by atoms with Gasteiger partial charge in [0.1, 0.15) is 6.04 Å². The van der Waals surface area contributed by atoms with E-state index in [2.05, 4.69) is 0 Å². The number of nitrogens with two attached hydrogens (primary N) is 1. The average Bonchev–Trinajstić information content (AvgIpc) is 2.59. The van der Waals surface area contributed by atoms with Crippen LogP contribution < -0.4 is 5.73 Å². The number of aliphatic carboxylic acids is 2. The molecule has 1 fully saturated rings. The molecule has 0 aliphatic heterocycles. The zero-order valence-electron chi connectivity index (χ0n) is 6.60. The minimum atomic E-state index is -1.25. The van der Waals surface area contributed by atoms with Crippen molar-refractivity contribution in [2.75, 3.05) is 0 Å². The molecule has 0 saturated heterocycles.